The van der Waals surface area contributed by atoms with Gasteiger partial charge in [-0.15, -0.1) is 6.58 Å². The molecule has 0 saturated carbocycles. The van der Waals surface area contributed by atoms with Gasteiger partial charge >= 0.3 is 0 Å². The van der Waals surface area contributed by atoms with Gasteiger partial charge in [0.2, 0.25) is 5.91 Å². The predicted molar refractivity (Wildman–Crippen MR) is 62.7 cm³/mol. The molecule has 0 aliphatic rings. The minimum Gasteiger partial charge on any atom is -0.353 e. The first-order chi connectivity index (χ1) is 7.24. The predicted octanol–water partition coefficient (Wildman–Crippen LogP) is 2.48. The molecule has 0 bridgehead atoms. The van der Waals surface area contributed by atoms with Crippen LogP contribution in [0.4, 0.5) is 0 Å². The van der Waals surface area contributed by atoms with Crippen LogP contribution in [0.25, 0.3) is 0 Å². The molecule has 0 heterocycles. The maximum Gasteiger partial charge on any atom is 0.220 e. The number of benzene rings is 1. The second-order valence-corrected chi connectivity index (χ2v) is 3.61. The van der Waals surface area contributed by atoms with Gasteiger partial charge in [0.25, 0.3) is 0 Å². The topological polar surface area (TPSA) is 29.1 Å². The molecule has 80 valence electrons. The van der Waals surface area contributed by atoms with E-state index in [2.05, 4.69) is 18.8 Å². The molecule has 1 aromatic rings. The Kier molecular flexibility index (Phi) is 4.61. The van der Waals surface area contributed by atoms with E-state index in [1.165, 1.54) is 5.56 Å². The molecule has 1 atom stereocenters. The Labute approximate surface area is 91.0 Å². The first-order valence-electron chi connectivity index (χ1n) is 5.16. The average Bonchev–Trinajstić information content (AvgIpc) is 2.27. The fraction of sp³-hybridized carbons (Fsp3) is 0.308. The number of hydrogen-bond donors (Lipinski definition) is 1. The van der Waals surface area contributed by atoms with E-state index < -0.39 is 0 Å². The van der Waals surface area contributed by atoms with E-state index in [0.29, 0.717) is 13.0 Å². The van der Waals surface area contributed by atoms with E-state index in [9.17, 15) is 4.79 Å². The Bertz CT molecular complexity index is 319. The third kappa shape index (κ3) is 3.98. The molecule has 15 heavy (non-hydrogen) atoms. The maximum atomic E-state index is 11.4. The van der Waals surface area contributed by atoms with Crippen molar-refractivity contribution in [3.05, 3.63) is 48.6 Å². The first kappa shape index (κ1) is 11.5. The van der Waals surface area contributed by atoms with Crippen molar-refractivity contribution >= 4 is 5.91 Å². The van der Waals surface area contributed by atoms with Crippen LogP contribution in [-0.4, -0.2) is 12.5 Å². The molecule has 1 unspecified atom stereocenters. The molecule has 0 aromatic heterocycles. The highest BCUT2D eigenvalue weighted by Gasteiger charge is 2.09. The lowest BCUT2D eigenvalue weighted by molar-refractivity contribution is -0.121. The highest BCUT2D eigenvalue weighted by molar-refractivity contribution is 5.76. The van der Waals surface area contributed by atoms with Crippen molar-refractivity contribution in [2.45, 2.75) is 19.3 Å². The van der Waals surface area contributed by atoms with E-state index in [-0.39, 0.29) is 11.8 Å². The summed E-state index contributed by atoms with van der Waals surface area (Å²) in [5, 5.41) is 2.78. The highest BCUT2D eigenvalue weighted by atomic mass is 16.1. The number of nitrogens with one attached hydrogen (secondary N) is 1. The molecule has 0 fully saturated rings. The molecule has 2 heteroatoms. The van der Waals surface area contributed by atoms with Gasteiger partial charge in [0.05, 0.1) is 0 Å². The Balaban J connectivity index is 2.45. The Morgan fingerprint density at radius 2 is 2.13 bits per heavy atom. The van der Waals surface area contributed by atoms with Gasteiger partial charge in [0.15, 0.2) is 0 Å². The summed E-state index contributed by atoms with van der Waals surface area (Å²) in [4.78, 5) is 11.4. The van der Waals surface area contributed by atoms with Crippen molar-refractivity contribution in [1.82, 2.24) is 5.32 Å². The molecule has 1 N–H and O–H groups in total. The van der Waals surface area contributed by atoms with E-state index in [0.717, 1.165) is 0 Å². The Hall–Kier alpha value is -1.57. The van der Waals surface area contributed by atoms with Crippen LogP contribution in [0, 0.1) is 0 Å². The van der Waals surface area contributed by atoms with Gasteiger partial charge in [-0.1, -0.05) is 43.3 Å². The normalized spacial score (nSPS) is 11.8. The molecule has 1 aromatic carbocycles. The lowest BCUT2D eigenvalue weighted by atomic mass is 9.98. The maximum absolute atomic E-state index is 11.4. The minimum atomic E-state index is 0.0752. The van der Waals surface area contributed by atoms with Crippen LogP contribution in [0.1, 0.15) is 24.8 Å². The molecule has 0 spiro atoms. The van der Waals surface area contributed by atoms with Crippen molar-refractivity contribution in [1.29, 1.82) is 0 Å². The molecule has 0 aliphatic heterocycles. The third-order valence-electron chi connectivity index (χ3n) is 2.30. The Morgan fingerprint density at radius 3 is 2.73 bits per heavy atom. The summed E-state index contributed by atoms with van der Waals surface area (Å²) in [5.41, 5.74) is 1.20. The lowest BCUT2D eigenvalue weighted by Crippen LogP contribution is -2.24. The largest absolute Gasteiger partial charge is 0.353 e. The Morgan fingerprint density at radius 1 is 1.47 bits per heavy atom. The average molecular weight is 203 g/mol. The van der Waals surface area contributed by atoms with E-state index in [1.54, 1.807) is 6.08 Å². The summed E-state index contributed by atoms with van der Waals surface area (Å²) < 4.78 is 0. The fourth-order valence-electron chi connectivity index (χ4n) is 1.44. The summed E-state index contributed by atoms with van der Waals surface area (Å²) in [7, 11) is 0. The second-order valence-electron chi connectivity index (χ2n) is 3.61. The highest BCUT2D eigenvalue weighted by Crippen LogP contribution is 2.17. The summed E-state index contributed by atoms with van der Waals surface area (Å²) in [6.07, 6.45) is 2.21. The summed E-state index contributed by atoms with van der Waals surface area (Å²) >= 11 is 0. The van der Waals surface area contributed by atoms with Crippen LogP contribution in [0.15, 0.2) is 43.0 Å². The van der Waals surface area contributed by atoms with Gasteiger partial charge in [-0.25, -0.2) is 0 Å². The van der Waals surface area contributed by atoms with Crippen molar-refractivity contribution in [2.75, 3.05) is 6.54 Å². The molecule has 2 nitrogen and oxygen atoms in total. The van der Waals surface area contributed by atoms with Crippen LogP contribution in [-0.2, 0) is 4.79 Å². The number of amides is 1. The van der Waals surface area contributed by atoms with Gasteiger partial charge in [0.1, 0.15) is 0 Å². The van der Waals surface area contributed by atoms with Crippen molar-refractivity contribution in [3.63, 3.8) is 0 Å². The lowest BCUT2D eigenvalue weighted by Gasteiger charge is -2.10. The zero-order valence-electron chi connectivity index (χ0n) is 9.07. The number of carbonyl (C=O) groups excluding carboxylic acids is 1. The van der Waals surface area contributed by atoms with E-state index in [1.807, 2.05) is 30.3 Å². The fourth-order valence-corrected chi connectivity index (χ4v) is 1.44. The number of rotatable bonds is 5. The first-order valence-corrected chi connectivity index (χ1v) is 5.16. The van der Waals surface area contributed by atoms with Gasteiger partial charge in [-0.2, -0.15) is 0 Å². The molecule has 1 rings (SSSR count). The smallest absolute Gasteiger partial charge is 0.220 e. The van der Waals surface area contributed by atoms with Crippen molar-refractivity contribution < 1.29 is 4.79 Å². The zero-order valence-corrected chi connectivity index (χ0v) is 9.07. The molecular weight excluding hydrogens is 186 g/mol. The van der Waals surface area contributed by atoms with Crippen molar-refractivity contribution in [2.24, 2.45) is 0 Å². The molecule has 0 saturated heterocycles. The summed E-state index contributed by atoms with van der Waals surface area (Å²) in [6, 6.07) is 10.1. The van der Waals surface area contributed by atoms with Gasteiger partial charge in [-0.05, 0) is 11.5 Å². The minimum absolute atomic E-state index is 0.0752. The number of carbonyl (C=O) groups is 1. The van der Waals surface area contributed by atoms with Gasteiger partial charge in [-0.3, -0.25) is 4.79 Å². The summed E-state index contributed by atoms with van der Waals surface area (Å²) in [5.74, 6) is 0.335. The quantitative estimate of drug-likeness (QED) is 0.732. The SMILES string of the molecule is C=CCNC(=O)CC(C)c1ccccc1. The monoisotopic (exact) mass is 203 g/mol. The molecular formula is C13H17NO. The van der Waals surface area contributed by atoms with E-state index in [4.69, 9.17) is 0 Å². The van der Waals surface area contributed by atoms with Crippen molar-refractivity contribution in [3.8, 4) is 0 Å². The summed E-state index contributed by atoms with van der Waals surface area (Å²) in [6.45, 7) is 6.16. The van der Waals surface area contributed by atoms with Gasteiger partial charge < -0.3 is 5.32 Å². The third-order valence-corrected chi connectivity index (χ3v) is 2.30. The zero-order chi connectivity index (χ0) is 11.1. The molecule has 0 aliphatic carbocycles. The molecule has 1 amide bonds. The van der Waals surface area contributed by atoms with Crippen LogP contribution in [0.5, 0.6) is 0 Å². The van der Waals surface area contributed by atoms with Crippen LogP contribution in [0.3, 0.4) is 0 Å². The molecule has 0 radical (unpaired) electrons. The van der Waals surface area contributed by atoms with Crippen LogP contribution >= 0.6 is 0 Å². The van der Waals surface area contributed by atoms with Crippen LogP contribution < -0.4 is 5.32 Å². The standard InChI is InChI=1S/C13H17NO/c1-3-9-14-13(15)10-11(2)12-7-5-4-6-8-12/h3-8,11H,1,9-10H2,2H3,(H,14,15). The van der Waals surface area contributed by atoms with E-state index >= 15 is 0 Å². The second kappa shape index (κ2) is 6.02. The number of hydrogen-bond acceptors (Lipinski definition) is 1. The van der Waals surface area contributed by atoms with Gasteiger partial charge in [0, 0.05) is 13.0 Å². The van der Waals surface area contributed by atoms with Crippen LogP contribution in [0.2, 0.25) is 0 Å².